The topological polar surface area (TPSA) is 37.3 Å². The number of phenols is 1. The van der Waals surface area contributed by atoms with Crippen molar-refractivity contribution in [3.8, 4) is 28.0 Å². The molecular formula is C21H18O2. The van der Waals surface area contributed by atoms with Gasteiger partial charge >= 0.3 is 0 Å². The summed E-state index contributed by atoms with van der Waals surface area (Å²) in [7, 11) is 0. The van der Waals surface area contributed by atoms with Gasteiger partial charge in [-0.1, -0.05) is 67.6 Å². The number of ketones is 1. The second-order valence-corrected chi connectivity index (χ2v) is 5.42. The fourth-order valence-corrected chi connectivity index (χ4v) is 2.80. The van der Waals surface area contributed by atoms with Gasteiger partial charge < -0.3 is 5.11 Å². The highest BCUT2D eigenvalue weighted by Gasteiger charge is 2.16. The van der Waals surface area contributed by atoms with Crippen molar-refractivity contribution in [2.75, 3.05) is 0 Å². The maximum absolute atomic E-state index is 12.4. The fraction of sp³-hybridized carbons (Fsp3) is 0.0952. The third-order valence-corrected chi connectivity index (χ3v) is 3.91. The molecule has 0 heterocycles. The Morgan fingerprint density at radius 3 is 2.26 bits per heavy atom. The quantitative estimate of drug-likeness (QED) is 0.662. The Kier molecular flexibility index (Phi) is 4.24. The van der Waals surface area contributed by atoms with Gasteiger partial charge in [-0.25, -0.2) is 0 Å². The van der Waals surface area contributed by atoms with Gasteiger partial charge in [-0.15, -0.1) is 0 Å². The summed E-state index contributed by atoms with van der Waals surface area (Å²) in [6.45, 7) is 1.87. The summed E-state index contributed by atoms with van der Waals surface area (Å²) in [5.74, 6) is 0.333. The number of Topliss-reactive ketones (excluding diaryl/α,β-unsaturated/α-hetero) is 1. The number of phenolic OH excluding ortho intramolecular Hbond substituents is 1. The van der Waals surface area contributed by atoms with Crippen LogP contribution in [0.4, 0.5) is 0 Å². The van der Waals surface area contributed by atoms with Crippen molar-refractivity contribution in [2.45, 2.75) is 13.3 Å². The maximum Gasteiger partial charge on any atom is 0.163 e. The molecule has 3 aromatic carbocycles. The monoisotopic (exact) mass is 302 g/mol. The zero-order chi connectivity index (χ0) is 16.2. The first-order valence-corrected chi connectivity index (χ1v) is 7.71. The van der Waals surface area contributed by atoms with Crippen LogP contribution < -0.4 is 0 Å². The highest BCUT2D eigenvalue weighted by Crippen LogP contribution is 2.36. The van der Waals surface area contributed by atoms with Crippen LogP contribution in [0, 0.1) is 0 Å². The largest absolute Gasteiger partial charge is 0.508 e. The van der Waals surface area contributed by atoms with E-state index in [1.54, 1.807) is 12.1 Å². The molecule has 0 aliphatic rings. The van der Waals surface area contributed by atoms with Gasteiger partial charge in [0.05, 0.1) is 0 Å². The summed E-state index contributed by atoms with van der Waals surface area (Å²) < 4.78 is 0. The van der Waals surface area contributed by atoms with Crippen LogP contribution in [-0.2, 0) is 0 Å². The minimum absolute atomic E-state index is 0.117. The number of carbonyl (C=O) groups excluding carboxylic acids is 1. The Hall–Kier alpha value is -2.87. The maximum atomic E-state index is 12.4. The molecule has 0 saturated heterocycles. The van der Waals surface area contributed by atoms with Gasteiger partial charge in [-0.05, 0) is 28.8 Å². The summed E-state index contributed by atoms with van der Waals surface area (Å²) in [6.07, 6.45) is 0.462. The van der Waals surface area contributed by atoms with Crippen molar-refractivity contribution in [3.05, 3.63) is 78.4 Å². The summed E-state index contributed by atoms with van der Waals surface area (Å²) >= 11 is 0. The van der Waals surface area contributed by atoms with E-state index in [-0.39, 0.29) is 11.5 Å². The van der Waals surface area contributed by atoms with Crippen LogP contribution in [-0.4, -0.2) is 10.9 Å². The molecule has 0 aliphatic heterocycles. The molecule has 0 spiro atoms. The summed E-state index contributed by atoms with van der Waals surface area (Å²) in [5.41, 5.74) is 4.49. The number of aromatic hydroxyl groups is 1. The van der Waals surface area contributed by atoms with Crippen LogP contribution in [0.3, 0.4) is 0 Å². The molecule has 2 nitrogen and oxygen atoms in total. The van der Waals surface area contributed by atoms with Gasteiger partial charge in [0.2, 0.25) is 0 Å². The second-order valence-electron chi connectivity index (χ2n) is 5.42. The summed E-state index contributed by atoms with van der Waals surface area (Å²) in [6, 6.07) is 22.8. The predicted molar refractivity (Wildman–Crippen MR) is 93.6 cm³/mol. The Bertz CT molecular complexity index is 835. The standard InChI is InChI=1S/C21H18O2/c1-2-20(23)19-13-7-12-18(16-10-6-11-17(22)14-16)21(19)15-8-4-3-5-9-15/h3-14,22H,2H2,1H3. The molecular weight excluding hydrogens is 284 g/mol. The highest BCUT2D eigenvalue weighted by molar-refractivity contribution is 6.05. The van der Waals surface area contributed by atoms with Gasteiger partial charge in [-0.2, -0.15) is 0 Å². The van der Waals surface area contributed by atoms with Gasteiger partial charge in [0, 0.05) is 17.5 Å². The van der Waals surface area contributed by atoms with Crippen molar-refractivity contribution in [2.24, 2.45) is 0 Å². The van der Waals surface area contributed by atoms with Crippen LogP contribution in [0.1, 0.15) is 23.7 Å². The van der Waals surface area contributed by atoms with E-state index in [9.17, 15) is 9.90 Å². The van der Waals surface area contributed by atoms with Crippen molar-refractivity contribution in [3.63, 3.8) is 0 Å². The van der Waals surface area contributed by atoms with Gasteiger partial charge in [0.1, 0.15) is 5.75 Å². The van der Waals surface area contributed by atoms with E-state index in [4.69, 9.17) is 0 Å². The second kappa shape index (κ2) is 6.49. The molecule has 23 heavy (non-hydrogen) atoms. The lowest BCUT2D eigenvalue weighted by atomic mass is 9.88. The average molecular weight is 302 g/mol. The molecule has 2 heteroatoms. The number of hydrogen-bond acceptors (Lipinski definition) is 2. The minimum Gasteiger partial charge on any atom is -0.508 e. The van der Waals surface area contributed by atoms with Crippen LogP contribution in [0.5, 0.6) is 5.75 Å². The highest BCUT2D eigenvalue weighted by atomic mass is 16.3. The Morgan fingerprint density at radius 1 is 0.870 bits per heavy atom. The van der Waals surface area contributed by atoms with Gasteiger partial charge in [0.25, 0.3) is 0 Å². The van der Waals surface area contributed by atoms with Gasteiger partial charge in [-0.3, -0.25) is 4.79 Å². The lowest BCUT2D eigenvalue weighted by Gasteiger charge is -2.15. The lowest BCUT2D eigenvalue weighted by Crippen LogP contribution is -2.01. The first-order valence-electron chi connectivity index (χ1n) is 7.71. The molecule has 0 bridgehead atoms. The fourth-order valence-electron chi connectivity index (χ4n) is 2.80. The van der Waals surface area contributed by atoms with Gasteiger partial charge in [0.15, 0.2) is 5.78 Å². The van der Waals surface area contributed by atoms with Crippen molar-refractivity contribution < 1.29 is 9.90 Å². The molecule has 3 rings (SSSR count). The Balaban J connectivity index is 2.30. The molecule has 0 amide bonds. The van der Waals surface area contributed by atoms with Crippen molar-refractivity contribution >= 4 is 5.78 Å². The van der Waals surface area contributed by atoms with E-state index in [0.717, 1.165) is 27.8 Å². The van der Waals surface area contributed by atoms with Crippen LogP contribution >= 0.6 is 0 Å². The zero-order valence-corrected chi connectivity index (χ0v) is 13.0. The predicted octanol–water partition coefficient (Wildman–Crippen LogP) is 5.32. The molecule has 0 aromatic heterocycles. The smallest absolute Gasteiger partial charge is 0.163 e. The number of hydrogen-bond donors (Lipinski definition) is 1. The van der Waals surface area contributed by atoms with Crippen LogP contribution in [0.25, 0.3) is 22.3 Å². The number of benzene rings is 3. The van der Waals surface area contributed by atoms with Crippen LogP contribution in [0.2, 0.25) is 0 Å². The molecule has 0 unspecified atom stereocenters. The van der Waals surface area contributed by atoms with E-state index in [2.05, 4.69) is 0 Å². The molecule has 0 aliphatic carbocycles. The van der Waals surface area contributed by atoms with E-state index in [0.29, 0.717) is 6.42 Å². The molecule has 114 valence electrons. The average Bonchev–Trinajstić information content (AvgIpc) is 2.61. The van der Waals surface area contributed by atoms with E-state index >= 15 is 0 Å². The third kappa shape index (κ3) is 3.02. The molecule has 0 radical (unpaired) electrons. The Morgan fingerprint density at radius 2 is 1.57 bits per heavy atom. The van der Waals surface area contributed by atoms with E-state index < -0.39 is 0 Å². The molecule has 0 saturated carbocycles. The summed E-state index contributed by atoms with van der Waals surface area (Å²) in [4.78, 5) is 12.4. The van der Waals surface area contributed by atoms with E-state index in [1.165, 1.54) is 0 Å². The molecule has 0 fully saturated rings. The van der Waals surface area contributed by atoms with Crippen molar-refractivity contribution in [1.29, 1.82) is 0 Å². The first-order chi connectivity index (χ1) is 11.2. The lowest BCUT2D eigenvalue weighted by molar-refractivity contribution is 0.0989. The first kappa shape index (κ1) is 15.0. The SMILES string of the molecule is CCC(=O)c1cccc(-c2cccc(O)c2)c1-c1ccccc1. The number of rotatable bonds is 4. The van der Waals surface area contributed by atoms with Crippen molar-refractivity contribution in [1.82, 2.24) is 0 Å². The third-order valence-electron chi connectivity index (χ3n) is 3.91. The minimum atomic E-state index is 0.117. The summed E-state index contributed by atoms with van der Waals surface area (Å²) in [5, 5.41) is 9.79. The molecule has 0 atom stereocenters. The Labute approximate surface area is 136 Å². The van der Waals surface area contributed by atoms with Crippen LogP contribution in [0.15, 0.2) is 72.8 Å². The zero-order valence-electron chi connectivity index (χ0n) is 13.0. The molecule has 3 aromatic rings. The molecule has 1 N–H and O–H groups in total. The number of carbonyl (C=O) groups is 1. The van der Waals surface area contributed by atoms with E-state index in [1.807, 2.05) is 67.6 Å². The normalized spacial score (nSPS) is 10.5.